The first kappa shape index (κ1) is 14.0. The molecule has 0 spiro atoms. The SMILES string of the molecule is C/C=C(/CC)C(=O)Cc1ccc(OC)c(Br)c1. The fourth-order valence-electron chi connectivity index (χ4n) is 1.68. The highest BCUT2D eigenvalue weighted by molar-refractivity contribution is 9.10. The number of allylic oxidation sites excluding steroid dienone is 2. The maximum Gasteiger partial charge on any atom is 0.162 e. The molecule has 17 heavy (non-hydrogen) atoms. The van der Waals surface area contributed by atoms with Gasteiger partial charge in [-0.3, -0.25) is 4.79 Å². The monoisotopic (exact) mass is 296 g/mol. The summed E-state index contributed by atoms with van der Waals surface area (Å²) in [5, 5.41) is 0. The summed E-state index contributed by atoms with van der Waals surface area (Å²) < 4.78 is 6.03. The number of Topliss-reactive ketones (excluding diaryl/α,β-unsaturated/α-hetero) is 1. The average molecular weight is 297 g/mol. The van der Waals surface area contributed by atoms with E-state index in [2.05, 4.69) is 15.9 Å². The van der Waals surface area contributed by atoms with Crippen LogP contribution in [0.1, 0.15) is 25.8 Å². The maximum absolute atomic E-state index is 11.9. The highest BCUT2D eigenvalue weighted by atomic mass is 79.9. The number of methoxy groups -OCH3 is 1. The molecule has 0 N–H and O–H groups in total. The summed E-state index contributed by atoms with van der Waals surface area (Å²) in [6.07, 6.45) is 3.11. The molecule has 0 bridgehead atoms. The summed E-state index contributed by atoms with van der Waals surface area (Å²) >= 11 is 3.42. The first-order valence-electron chi connectivity index (χ1n) is 5.63. The average Bonchev–Trinajstić information content (AvgIpc) is 2.31. The summed E-state index contributed by atoms with van der Waals surface area (Å²) in [6.45, 7) is 3.90. The van der Waals surface area contributed by atoms with Crippen LogP contribution in [0.2, 0.25) is 0 Å². The first-order valence-corrected chi connectivity index (χ1v) is 6.42. The zero-order chi connectivity index (χ0) is 12.8. The van der Waals surface area contributed by atoms with Crippen LogP contribution in [0.4, 0.5) is 0 Å². The topological polar surface area (TPSA) is 26.3 Å². The molecule has 0 amide bonds. The molecule has 0 aromatic heterocycles. The lowest BCUT2D eigenvalue weighted by Crippen LogP contribution is -2.05. The lowest BCUT2D eigenvalue weighted by atomic mass is 10.0. The van der Waals surface area contributed by atoms with Crippen LogP contribution in [0, 0.1) is 0 Å². The van der Waals surface area contributed by atoms with Gasteiger partial charge in [0.2, 0.25) is 0 Å². The summed E-state index contributed by atoms with van der Waals surface area (Å²) in [7, 11) is 1.62. The van der Waals surface area contributed by atoms with E-state index in [9.17, 15) is 4.79 Å². The minimum Gasteiger partial charge on any atom is -0.496 e. The lowest BCUT2D eigenvalue weighted by Gasteiger charge is -2.07. The summed E-state index contributed by atoms with van der Waals surface area (Å²) in [5.74, 6) is 0.968. The molecule has 0 unspecified atom stereocenters. The van der Waals surface area contributed by atoms with Gasteiger partial charge in [0, 0.05) is 6.42 Å². The van der Waals surface area contributed by atoms with Crippen molar-refractivity contribution in [1.29, 1.82) is 0 Å². The Morgan fingerprint density at radius 3 is 2.65 bits per heavy atom. The Balaban J connectivity index is 2.82. The molecule has 0 aliphatic rings. The molecule has 1 aromatic carbocycles. The Morgan fingerprint density at radius 1 is 1.47 bits per heavy atom. The van der Waals surface area contributed by atoms with Crippen molar-refractivity contribution >= 4 is 21.7 Å². The van der Waals surface area contributed by atoms with Crippen molar-refractivity contribution in [2.75, 3.05) is 7.11 Å². The van der Waals surface area contributed by atoms with Crippen LogP contribution in [0.25, 0.3) is 0 Å². The third kappa shape index (κ3) is 3.70. The Kier molecular flexibility index (Phi) is 5.42. The van der Waals surface area contributed by atoms with Gasteiger partial charge in [0.15, 0.2) is 5.78 Å². The second-order valence-electron chi connectivity index (χ2n) is 3.74. The third-order valence-corrected chi connectivity index (χ3v) is 3.29. The van der Waals surface area contributed by atoms with Crippen LogP contribution in [-0.2, 0) is 11.2 Å². The molecule has 2 nitrogen and oxygen atoms in total. The van der Waals surface area contributed by atoms with Crippen LogP contribution in [0.3, 0.4) is 0 Å². The zero-order valence-electron chi connectivity index (χ0n) is 10.4. The van der Waals surface area contributed by atoms with Gasteiger partial charge in [-0.15, -0.1) is 0 Å². The minimum absolute atomic E-state index is 0.187. The molecule has 3 heteroatoms. The molecule has 0 aliphatic heterocycles. The van der Waals surface area contributed by atoms with E-state index < -0.39 is 0 Å². The first-order chi connectivity index (χ1) is 8.12. The van der Waals surface area contributed by atoms with Crippen molar-refractivity contribution in [1.82, 2.24) is 0 Å². The van der Waals surface area contributed by atoms with Crippen LogP contribution < -0.4 is 4.74 Å². The van der Waals surface area contributed by atoms with Crippen LogP contribution in [0.5, 0.6) is 5.75 Å². The van der Waals surface area contributed by atoms with Crippen LogP contribution >= 0.6 is 15.9 Å². The van der Waals surface area contributed by atoms with Crippen molar-refractivity contribution in [3.8, 4) is 5.75 Å². The van der Waals surface area contributed by atoms with E-state index in [4.69, 9.17) is 4.74 Å². The van der Waals surface area contributed by atoms with Gasteiger partial charge in [-0.1, -0.05) is 19.1 Å². The Morgan fingerprint density at radius 2 is 2.18 bits per heavy atom. The quantitative estimate of drug-likeness (QED) is 0.770. The number of ketones is 1. The van der Waals surface area contributed by atoms with Crippen molar-refractivity contribution in [3.05, 3.63) is 39.9 Å². The fourth-order valence-corrected chi connectivity index (χ4v) is 2.27. The van der Waals surface area contributed by atoms with Gasteiger partial charge in [0.05, 0.1) is 11.6 Å². The standard InChI is InChI=1S/C14H17BrO2/c1-4-11(5-2)13(16)9-10-6-7-14(17-3)12(15)8-10/h4,6-8H,5,9H2,1-3H3/b11-4-. The highest BCUT2D eigenvalue weighted by Crippen LogP contribution is 2.26. The molecule has 0 heterocycles. The number of ether oxygens (including phenoxy) is 1. The molecule has 0 fully saturated rings. The summed E-state index contributed by atoms with van der Waals surface area (Å²) in [4.78, 5) is 11.9. The molecule has 0 saturated carbocycles. The van der Waals surface area contributed by atoms with Gasteiger partial charge in [0.1, 0.15) is 5.75 Å². The number of benzene rings is 1. The van der Waals surface area contributed by atoms with E-state index in [0.29, 0.717) is 6.42 Å². The van der Waals surface area contributed by atoms with Gasteiger partial charge >= 0.3 is 0 Å². The molecule has 0 atom stereocenters. The lowest BCUT2D eigenvalue weighted by molar-refractivity contribution is -0.115. The number of rotatable bonds is 5. The number of carbonyl (C=O) groups is 1. The van der Waals surface area contributed by atoms with E-state index in [0.717, 1.165) is 27.8 Å². The van der Waals surface area contributed by atoms with Gasteiger partial charge in [-0.05, 0) is 52.5 Å². The van der Waals surface area contributed by atoms with Crippen molar-refractivity contribution in [2.24, 2.45) is 0 Å². The molecule has 92 valence electrons. The molecule has 1 aromatic rings. The fraction of sp³-hybridized carbons (Fsp3) is 0.357. The van der Waals surface area contributed by atoms with E-state index in [1.54, 1.807) is 7.11 Å². The molecule has 0 aliphatic carbocycles. The zero-order valence-corrected chi connectivity index (χ0v) is 12.0. The molecule has 0 saturated heterocycles. The van der Waals surface area contributed by atoms with E-state index in [1.165, 1.54) is 0 Å². The van der Waals surface area contributed by atoms with Gasteiger partial charge in [0.25, 0.3) is 0 Å². The second-order valence-corrected chi connectivity index (χ2v) is 4.59. The van der Waals surface area contributed by atoms with Gasteiger partial charge in [-0.25, -0.2) is 0 Å². The predicted molar refractivity (Wildman–Crippen MR) is 73.5 cm³/mol. The predicted octanol–water partition coefficient (Wildman–Crippen LogP) is 3.93. The van der Waals surface area contributed by atoms with Crippen molar-refractivity contribution < 1.29 is 9.53 Å². The van der Waals surface area contributed by atoms with Crippen LogP contribution in [0.15, 0.2) is 34.3 Å². The largest absolute Gasteiger partial charge is 0.496 e. The van der Waals surface area contributed by atoms with E-state index in [-0.39, 0.29) is 5.78 Å². The van der Waals surface area contributed by atoms with E-state index in [1.807, 2.05) is 38.1 Å². The maximum atomic E-state index is 11.9. The van der Waals surface area contributed by atoms with Crippen molar-refractivity contribution in [2.45, 2.75) is 26.7 Å². The Hall–Kier alpha value is -1.09. The van der Waals surface area contributed by atoms with Crippen LogP contribution in [-0.4, -0.2) is 12.9 Å². The number of carbonyl (C=O) groups excluding carboxylic acids is 1. The second kappa shape index (κ2) is 6.60. The summed E-state index contributed by atoms with van der Waals surface area (Å²) in [5.41, 5.74) is 1.88. The molecular weight excluding hydrogens is 280 g/mol. The Bertz CT molecular complexity index is 436. The van der Waals surface area contributed by atoms with Crippen molar-refractivity contribution in [3.63, 3.8) is 0 Å². The number of hydrogen-bond donors (Lipinski definition) is 0. The Labute approximate surface area is 111 Å². The van der Waals surface area contributed by atoms with Gasteiger partial charge in [-0.2, -0.15) is 0 Å². The number of halogens is 1. The highest BCUT2D eigenvalue weighted by Gasteiger charge is 2.09. The molecule has 1 rings (SSSR count). The third-order valence-electron chi connectivity index (χ3n) is 2.67. The number of hydrogen-bond acceptors (Lipinski definition) is 2. The smallest absolute Gasteiger partial charge is 0.162 e. The summed E-state index contributed by atoms with van der Waals surface area (Å²) in [6, 6.07) is 5.72. The normalized spacial score (nSPS) is 11.4. The minimum atomic E-state index is 0.187. The van der Waals surface area contributed by atoms with E-state index >= 15 is 0 Å². The van der Waals surface area contributed by atoms with Gasteiger partial charge < -0.3 is 4.74 Å². The molecule has 0 radical (unpaired) electrons. The molecular formula is C14H17BrO2.